The molecular weight excluding hydrogens is 358 g/mol. The van der Waals surface area contributed by atoms with Gasteiger partial charge in [-0.15, -0.1) is 5.10 Å². The molecule has 3 aromatic rings. The first-order valence-corrected chi connectivity index (χ1v) is 8.94. The predicted octanol–water partition coefficient (Wildman–Crippen LogP) is 2.41. The van der Waals surface area contributed by atoms with E-state index in [1.165, 1.54) is 0 Å². The minimum Gasteiger partial charge on any atom is -0.326 e. The normalized spacial score (nSPS) is 10.8. The molecular formula is C20H21N5O3. The molecule has 2 amide bonds. The minimum absolute atomic E-state index is 0.0546. The Morgan fingerprint density at radius 3 is 2.21 bits per heavy atom. The first kappa shape index (κ1) is 19.2. The van der Waals surface area contributed by atoms with Gasteiger partial charge in [-0.2, -0.15) is 0 Å². The van der Waals surface area contributed by atoms with Crippen LogP contribution < -0.4 is 16.2 Å². The lowest BCUT2D eigenvalue weighted by molar-refractivity contribution is -0.117. The van der Waals surface area contributed by atoms with Crippen LogP contribution in [-0.2, 0) is 16.1 Å². The number of rotatable bonds is 6. The highest BCUT2D eigenvalue weighted by atomic mass is 16.2. The van der Waals surface area contributed by atoms with Crippen LogP contribution in [0.5, 0.6) is 0 Å². The van der Waals surface area contributed by atoms with Gasteiger partial charge in [0.2, 0.25) is 11.8 Å². The summed E-state index contributed by atoms with van der Waals surface area (Å²) in [6.07, 6.45) is 0.444. The number of aromatic nitrogens is 3. The monoisotopic (exact) mass is 379 g/mol. The van der Waals surface area contributed by atoms with Crippen molar-refractivity contribution in [2.24, 2.45) is 5.92 Å². The molecule has 0 bridgehead atoms. The van der Waals surface area contributed by atoms with Crippen LogP contribution in [-0.4, -0.2) is 26.8 Å². The van der Waals surface area contributed by atoms with Gasteiger partial charge in [-0.3, -0.25) is 14.4 Å². The third kappa shape index (κ3) is 4.79. The molecule has 2 aromatic carbocycles. The maximum Gasteiger partial charge on any atom is 0.278 e. The van der Waals surface area contributed by atoms with Gasteiger partial charge in [-0.1, -0.05) is 31.2 Å². The van der Waals surface area contributed by atoms with E-state index in [2.05, 4.69) is 20.9 Å². The van der Waals surface area contributed by atoms with Crippen molar-refractivity contribution in [3.63, 3.8) is 0 Å². The highest BCUT2D eigenvalue weighted by Crippen LogP contribution is 2.14. The van der Waals surface area contributed by atoms with E-state index in [0.29, 0.717) is 28.7 Å². The van der Waals surface area contributed by atoms with Gasteiger partial charge in [0, 0.05) is 17.8 Å². The fourth-order valence-corrected chi connectivity index (χ4v) is 2.68. The molecule has 0 radical (unpaired) electrons. The number of carbonyl (C=O) groups is 2. The summed E-state index contributed by atoms with van der Waals surface area (Å²) >= 11 is 0. The number of nitrogens with zero attached hydrogens (tertiary/aromatic N) is 3. The summed E-state index contributed by atoms with van der Waals surface area (Å²) in [6, 6.07) is 13.6. The Kier molecular flexibility index (Phi) is 5.78. The highest BCUT2D eigenvalue weighted by Gasteiger charge is 2.10. The first-order valence-electron chi connectivity index (χ1n) is 8.94. The second-order valence-electron chi connectivity index (χ2n) is 6.84. The summed E-state index contributed by atoms with van der Waals surface area (Å²) in [4.78, 5) is 36.4. The molecule has 144 valence electrons. The fraction of sp³-hybridized carbons (Fsp3) is 0.250. The van der Waals surface area contributed by atoms with Crippen molar-refractivity contribution in [2.45, 2.75) is 26.8 Å². The lowest BCUT2D eigenvalue weighted by Crippen LogP contribution is -2.30. The van der Waals surface area contributed by atoms with Crippen LogP contribution in [0.15, 0.2) is 53.3 Å². The maximum absolute atomic E-state index is 12.4. The lowest BCUT2D eigenvalue weighted by Gasteiger charge is -2.09. The molecule has 0 unspecified atom stereocenters. The number of amides is 2. The average Bonchev–Trinajstić information content (AvgIpc) is 2.65. The van der Waals surface area contributed by atoms with Gasteiger partial charge in [-0.25, -0.2) is 4.68 Å². The van der Waals surface area contributed by atoms with Gasteiger partial charge >= 0.3 is 0 Å². The van der Waals surface area contributed by atoms with Gasteiger partial charge < -0.3 is 10.6 Å². The maximum atomic E-state index is 12.4. The number of carbonyl (C=O) groups excluding carboxylic acids is 2. The second kappa shape index (κ2) is 8.43. The molecule has 0 aliphatic rings. The van der Waals surface area contributed by atoms with Gasteiger partial charge in [0.15, 0.2) is 0 Å². The Bertz CT molecular complexity index is 1060. The molecule has 1 heterocycles. The molecule has 0 saturated heterocycles. The number of benzene rings is 2. The summed E-state index contributed by atoms with van der Waals surface area (Å²) in [5.74, 6) is -0.176. The van der Waals surface area contributed by atoms with Crippen LogP contribution in [0.1, 0.15) is 20.3 Å². The average molecular weight is 379 g/mol. The van der Waals surface area contributed by atoms with Crippen LogP contribution in [0.3, 0.4) is 0 Å². The Hall–Kier alpha value is -3.55. The summed E-state index contributed by atoms with van der Waals surface area (Å²) in [7, 11) is 0. The summed E-state index contributed by atoms with van der Waals surface area (Å²) in [5.41, 5.74) is 1.32. The van der Waals surface area contributed by atoms with E-state index in [-0.39, 0.29) is 23.9 Å². The van der Waals surface area contributed by atoms with Crippen molar-refractivity contribution < 1.29 is 9.59 Å². The topological polar surface area (TPSA) is 106 Å². The standard InChI is InChI=1S/C20H21N5O3/c1-13(2)11-18(26)21-14-7-9-15(10-8-14)22-19(27)12-25-20(28)16-5-3-4-6-17(16)23-24-25/h3-10,13H,11-12H2,1-2H3,(H,21,26)(H,22,27). The van der Waals surface area contributed by atoms with E-state index >= 15 is 0 Å². The fourth-order valence-electron chi connectivity index (χ4n) is 2.68. The number of hydrogen-bond donors (Lipinski definition) is 2. The Morgan fingerprint density at radius 2 is 1.57 bits per heavy atom. The van der Waals surface area contributed by atoms with Crippen molar-refractivity contribution in [3.05, 3.63) is 58.9 Å². The van der Waals surface area contributed by atoms with Crippen LogP contribution >= 0.6 is 0 Å². The molecule has 3 rings (SSSR count). The quantitative estimate of drug-likeness (QED) is 0.684. The molecule has 8 nitrogen and oxygen atoms in total. The number of anilines is 2. The second-order valence-corrected chi connectivity index (χ2v) is 6.84. The van der Waals surface area contributed by atoms with Crippen molar-refractivity contribution in [2.75, 3.05) is 10.6 Å². The molecule has 8 heteroatoms. The van der Waals surface area contributed by atoms with Crippen molar-refractivity contribution in [1.29, 1.82) is 0 Å². The molecule has 0 aliphatic heterocycles. The zero-order chi connectivity index (χ0) is 20.1. The first-order chi connectivity index (χ1) is 13.4. The van der Waals surface area contributed by atoms with Crippen LogP contribution in [0.25, 0.3) is 10.9 Å². The van der Waals surface area contributed by atoms with Gasteiger partial charge in [0.05, 0.1) is 5.39 Å². The molecule has 2 N–H and O–H groups in total. The Labute approximate surface area is 161 Å². The van der Waals surface area contributed by atoms with Crippen molar-refractivity contribution in [1.82, 2.24) is 15.0 Å². The van der Waals surface area contributed by atoms with Crippen molar-refractivity contribution in [3.8, 4) is 0 Å². The Morgan fingerprint density at radius 1 is 0.964 bits per heavy atom. The summed E-state index contributed by atoms with van der Waals surface area (Å²) < 4.78 is 1.03. The van der Waals surface area contributed by atoms with E-state index in [0.717, 1.165) is 4.68 Å². The van der Waals surface area contributed by atoms with E-state index in [4.69, 9.17) is 0 Å². The summed E-state index contributed by atoms with van der Waals surface area (Å²) in [6.45, 7) is 3.70. The SMILES string of the molecule is CC(C)CC(=O)Nc1ccc(NC(=O)Cn2nnc3ccccc3c2=O)cc1. The molecule has 1 aromatic heterocycles. The number of nitrogens with one attached hydrogen (secondary N) is 2. The molecule has 0 spiro atoms. The third-order valence-electron chi connectivity index (χ3n) is 3.97. The largest absolute Gasteiger partial charge is 0.326 e. The van der Waals surface area contributed by atoms with Gasteiger partial charge in [-0.05, 0) is 42.3 Å². The minimum atomic E-state index is -0.400. The van der Waals surface area contributed by atoms with Gasteiger partial charge in [0.25, 0.3) is 5.56 Å². The van der Waals surface area contributed by atoms with Crippen LogP contribution in [0.2, 0.25) is 0 Å². The zero-order valence-electron chi connectivity index (χ0n) is 15.7. The molecule has 28 heavy (non-hydrogen) atoms. The van der Waals surface area contributed by atoms with E-state index in [1.54, 1.807) is 48.5 Å². The lowest BCUT2D eigenvalue weighted by atomic mass is 10.1. The highest BCUT2D eigenvalue weighted by molar-refractivity contribution is 5.93. The third-order valence-corrected chi connectivity index (χ3v) is 3.97. The summed E-state index contributed by atoms with van der Waals surface area (Å²) in [5, 5.41) is 13.7. The Balaban J connectivity index is 1.63. The van der Waals surface area contributed by atoms with E-state index in [1.807, 2.05) is 13.8 Å². The van der Waals surface area contributed by atoms with Crippen molar-refractivity contribution >= 4 is 34.1 Å². The van der Waals surface area contributed by atoms with E-state index < -0.39 is 5.91 Å². The molecule has 0 atom stereocenters. The van der Waals surface area contributed by atoms with Gasteiger partial charge in [0.1, 0.15) is 12.1 Å². The van der Waals surface area contributed by atoms with Crippen LogP contribution in [0.4, 0.5) is 11.4 Å². The predicted molar refractivity (Wildman–Crippen MR) is 107 cm³/mol. The van der Waals surface area contributed by atoms with E-state index in [9.17, 15) is 14.4 Å². The molecule has 0 aliphatic carbocycles. The molecule has 0 fully saturated rings. The van der Waals surface area contributed by atoms with Crippen LogP contribution in [0, 0.1) is 5.92 Å². The zero-order valence-corrected chi connectivity index (χ0v) is 15.7. The smallest absolute Gasteiger partial charge is 0.278 e. The number of hydrogen-bond acceptors (Lipinski definition) is 5. The number of fused-ring (bicyclic) bond motifs is 1. The molecule has 0 saturated carbocycles.